The lowest BCUT2D eigenvalue weighted by atomic mass is 9.88. The van der Waals surface area contributed by atoms with Gasteiger partial charge < -0.3 is 10.0 Å². The molecule has 16 heavy (non-hydrogen) atoms. The summed E-state index contributed by atoms with van der Waals surface area (Å²) in [5.74, 6) is -3.37. The normalized spacial score (nSPS) is 22.0. The summed E-state index contributed by atoms with van der Waals surface area (Å²) in [6.07, 6.45) is -0.161. The molecule has 0 aliphatic carbocycles. The Morgan fingerprint density at radius 1 is 1.38 bits per heavy atom. The predicted octanol–water partition coefficient (Wildman–Crippen LogP) is 2.22. The van der Waals surface area contributed by atoms with Crippen molar-refractivity contribution in [3.63, 3.8) is 0 Å². The summed E-state index contributed by atoms with van der Waals surface area (Å²) in [6.45, 7) is 4.99. The van der Waals surface area contributed by atoms with E-state index in [-0.39, 0.29) is 24.7 Å². The van der Waals surface area contributed by atoms with Crippen LogP contribution in [0.2, 0.25) is 0 Å². The van der Waals surface area contributed by atoms with Gasteiger partial charge in [-0.1, -0.05) is 13.8 Å². The first-order valence-corrected chi connectivity index (χ1v) is 5.52. The minimum atomic E-state index is -2.53. The van der Waals surface area contributed by atoms with Gasteiger partial charge in [-0.15, -0.1) is 0 Å². The van der Waals surface area contributed by atoms with Crippen molar-refractivity contribution in [2.75, 3.05) is 19.6 Å². The molecule has 1 aliphatic rings. The molecule has 0 atom stereocenters. The lowest BCUT2D eigenvalue weighted by Crippen LogP contribution is -2.44. The van der Waals surface area contributed by atoms with E-state index >= 15 is 0 Å². The van der Waals surface area contributed by atoms with Gasteiger partial charge in [0, 0.05) is 32.5 Å². The molecule has 0 aromatic rings. The zero-order valence-corrected chi connectivity index (χ0v) is 9.80. The number of carboxylic acid groups (broad SMARTS) is 1. The van der Waals surface area contributed by atoms with E-state index in [2.05, 4.69) is 0 Å². The number of alkyl halides is 2. The zero-order chi connectivity index (χ0) is 12.4. The number of carbonyl (C=O) groups is 1. The second-order valence-corrected chi connectivity index (χ2v) is 5.37. The van der Waals surface area contributed by atoms with Crippen LogP contribution in [0, 0.1) is 5.41 Å². The molecule has 0 unspecified atom stereocenters. The maximum atomic E-state index is 12.9. The van der Waals surface area contributed by atoms with Gasteiger partial charge in [-0.3, -0.25) is 4.79 Å². The van der Waals surface area contributed by atoms with E-state index < -0.39 is 11.9 Å². The second-order valence-electron chi connectivity index (χ2n) is 5.37. The predicted molar refractivity (Wildman–Crippen MR) is 56.7 cm³/mol. The Balaban J connectivity index is 2.41. The van der Waals surface area contributed by atoms with E-state index in [9.17, 15) is 13.6 Å². The highest BCUT2D eigenvalue weighted by atomic mass is 19.3. The molecule has 1 heterocycles. The molecule has 0 saturated carbocycles. The minimum absolute atomic E-state index is 0.0693. The molecule has 1 saturated heterocycles. The third kappa shape index (κ3) is 4.43. The second kappa shape index (κ2) is 4.65. The standard InChI is InChI=1S/C11H19F2NO2/c1-10(2,7-9(15)16)8-14-5-3-11(12,13)4-6-14/h3-8H2,1-2H3,(H,15,16). The number of carboxylic acids is 1. The Kier molecular flexibility index (Phi) is 3.88. The molecule has 3 nitrogen and oxygen atoms in total. The molecule has 1 N–H and O–H groups in total. The maximum absolute atomic E-state index is 12.9. The fraction of sp³-hybridized carbons (Fsp3) is 0.909. The van der Waals surface area contributed by atoms with Crippen molar-refractivity contribution >= 4 is 5.97 Å². The molecule has 5 heteroatoms. The van der Waals surface area contributed by atoms with E-state index in [0.717, 1.165) is 0 Å². The quantitative estimate of drug-likeness (QED) is 0.812. The smallest absolute Gasteiger partial charge is 0.303 e. The molecule has 1 aliphatic heterocycles. The van der Waals surface area contributed by atoms with Crippen molar-refractivity contribution < 1.29 is 18.7 Å². The Morgan fingerprint density at radius 3 is 2.31 bits per heavy atom. The number of rotatable bonds is 4. The van der Waals surface area contributed by atoms with Crippen molar-refractivity contribution in [1.82, 2.24) is 4.90 Å². The first-order valence-electron chi connectivity index (χ1n) is 5.52. The molecule has 0 aromatic carbocycles. The molecule has 0 aromatic heterocycles. The van der Waals surface area contributed by atoms with Crippen molar-refractivity contribution in [1.29, 1.82) is 0 Å². The molecule has 94 valence electrons. The summed E-state index contributed by atoms with van der Waals surface area (Å²) in [4.78, 5) is 12.6. The maximum Gasteiger partial charge on any atom is 0.303 e. The molecule has 0 spiro atoms. The number of halogens is 2. The third-order valence-corrected chi connectivity index (χ3v) is 2.87. The van der Waals surface area contributed by atoms with Crippen LogP contribution in [0.3, 0.4) is 0 Å². The zero-order valence-electron chi connectivity index (χ0n) is 9.80. The Labute approximate surface area is 94.4 Å². The van der Waals surface area contributed by atoms with Crippen molar-refractivity contribution in [2.45, 2.75) is 39.0 Å². The Morgan fingerprint density at radius 2 is 1.88 bits per heavy atom. The van der Waals surface area contributed by atoms with Crippen LogP contribution < -0.4 is 0 Å². The van der Waals surface area contributed by atoms with Crippen molar-refractivity contribution in [2.24, 2.45) is 5.41 Å². The van der Waals surface area contributed by atoms with Gasteiger partial charge in [0.25, 0.3) is 5.92 Å². The average molecular weight is 235 g/mol. The van der Waals surface area contributed by atoms with E-state index in [0.29, 0.717) is 19.6 Å². The lowest BCUT2D eigenvalue weighted by molar-refractivity contribution is -0.139. The summed E-state index contributed by atoms with van der Waals surface area (Å²) < 4.78 is 25.8. The van der Waals surface area contributed by atoms with Crippen LogP contribution in [0.1, 0.15) is 33.1 Å². The van der Waals surface area contributed by atoms with E-state index in [1.165, 1.54) is 0 Å². The number of hydrogen-bond donors (Lipinski definition) is 1. The van der Waals surface area contributed by atoms with Crippen LogP contribution in [0.4, 0.5) is 8.78 Å². The highest BCUT2D eigenvalue weighted by molar-refractivity contribution is 5.67. The van der Waals surface area contributed by atoms with Crippen LogP contribution in [0.15, 0.2) is 0 Å². The van der Waals surface area contributed by atoms with Crippen LogP contribution in [0.25, 0.3) is 0 Å². The first-order chi connectivity index (χ1) is 7.20. The molecule has 1 fully saturated rings. The lowest BCUT2D eigenvalue weighted by Gasteiger charge is -2.36. The van der Waals surface area contributed by atoms with Crippen LogP contribution >= 0.6 is 0 Å². The van der Waals surface area contributed by atoms with Gasteiger partial charge in [-0.2, -0.15) is 0 Å². The molecular weight excluding hydrogens is 216 g/mol. The molecule has 1 rings (SSSR count). The van der Waals surface area contributed by atoms with Gasteiger partial charge in [0.2, 0.25) is 0 Å². The van der Waals surface area contributed by atoms with Gasteiger partial charge in [0.05, 0.1) is 6.42 Å². The Bertz CT molecular complexity index is 257. The van der Waals surface area contributed by atoms with E-state index in [4.69, 9.17) is 5.11 Å². The fourth-order valence-corrected chi connectivity index (χ4v) is 2.11. The highest BCUT2D eigenvalue weighted by Gasteiger charge is 2.35. The van der Waals surface area contributed by atoms with Crippen molar-refractivity contribution in [3.8, 4) is 0 Å². The summed E-state index contributed by atoms with van der Waals surface area (Å²) in [5.41, 5.74) is -0.363. The molecule has 0 bridgehead atoms. The highest BCUT2D eigenvalue weighted by Crippen LogP contribution is 2.30. The number of piperidine rings is 1. The summed E-state index contributed by atoms with van der Waals surface area (Å²) in [6, 6.07) is 0. The molecule has 0 radical (unpaired) electrons. The fourth-order valence-electron chi connectivity index (χ4n) is 2.11. The molecular formula is C11H19F2NO2. The number of aliphatic carboxylic acids is 1. The van der Waals surface area contributed by atoms with Crippen molar-refractivity contribution in [3.05, 3.63) is 0 Å². The van der Waals surface area contributed by atoms with E-state index in [1.54, 1.807) is 0 Å². The topological polar surface area (TPSA) is 40.5 Å². The van der Waals surface area contributed by atoms with Gasteiger partial charge in [0.15, 0.2) is 0 Å². The summed E-state index contributed by atoms with van der Waals surface area (Å²) in [7, 11) is 0. The monoisotopic (exact) mass is 235 g/mol. The largest absolute Gasteiger partial charge is 0.481 e. The van der Waals surface area contributed by atoms with Crippen LogP contribution in [-0.2, 0) is 4.79 Å². The van der Waals surface area contributed by atoms with Gasteiger partial charge in [-0.25, -0.2) is 8.78 Å². The summed E-state index contributed by atoms with van der Waals surface area (Å²) >= 11 is 0. The van der Waals surface area contributed by atoms with Gasteiger partial charge in [-0.05, 0) is 5.41 Å². The number of likely N-dealkylation sites (tertiary alicyclic amines) is 1. The first kappa shape index (κ1) is 13.4. The average Bonchev–Trinajstić information content (AvgIpc) is 2.06. The van der Waals surface area contributed by atoms with Gasteiger partial charge >= 0.3 is 5.97 Å². The van der Waals surface area contributed by atoms with Crippen LogP contribution in [0.5, 0.6) is 0 Å². The minimum Gasteiger partial charge on any atom is -0.481 e. The Hall–Kier alpha value is -0.710. The third-order valence-electron chi connectivity index (χ3n) is 2.87. The molecule has 0 amide bonds. The summed E-state index contributed by atoms with van der Waals surface area (Å²) in [5, 5.41) is 8.72. The van der Waals surface area contributed by atoms with Gasteiger partial charge in [0.1, 0.15) is 0 Å². The number of hydrogen-bond acceptors (Lipinski definition) is 2. The van der Waals surface area contributed by atoms with E-state index in [1.807, 2.05) is 18.7 Å². The number of nitrogens with zero attached hydrogens (tertiary/aromatic N) is 1. The van der Waals surface area contributed by atoms with Crippen LogP contribution in [-0.4, -0.2) is 41.5 Å². The SMILES string of the molecule is CC(C)(CC(=O)O)CN1CCC(F)(F)CC1.